The molecule has 0 unspecified atom stereocenters. The van der Waals surface area contributed by atoms with Crippen LogP contribution in [0.25, 0.3) is 60.9 Å². The molecular formula is C68H48N2Si. The normalized spacial score (nSPS) is 13.6. The van der Waals surface area contributed by atoms with Crippen LogP contribution in [0, 0.1) is 0 Å². The van der Waals surface area contributed by atoms with Gasteiger partial charge in [-0.05, 0) is 138 Å². The van der Waals surface area contributed by atoms with Crippen LogP contribution in [0.15, 0.2) is 273 Å². The van der Waals surface area contributed by atoms with Crippen molar-refractivity contribution in [3.05, 3.63) is 290 Å². The predicted molar refractivity (Wildman–Crippen MR) is 301 cm³/mol. The standard InChI is InChI=1S/C68H48N2Si/c1-68(62-33-13-8-28-56(62)57-29-9-14-34-63(57)68)49-21-19-24-52(45-49)69(53-42-43-65-61(46-53)58-30-10-15-35-64(58)70(65)50-22-4-2-5-23-50)51-40-38-47(39-41-51)48-20-18-27-55(44-48)71(54-25-6-3-7-26-54)66-36-16-11-31-59(66)60-32-12-17-37-67(60)71/h2-46H,1H3. The van der Waals surface area contributed by atoms with E-state index in [2.05, 4.69) is 289 Å². The molecule has 12 aromatic rings. The van der Waals surface area contributed by atoms with E-state index in [0.717, 1.165) is 22.7 Å². The second kappa shape index (κ2) is 16.2. The van der Waals surface area contributed by atoms with Gasteiger partial charge in [0.2, 0.25) is 0 Å². The molecule has 0 fully saturated rings. The van der Waals surface area contributed by atoms with Gasteiger partial charge in [-0.3, -0.25) is 0 Å². The van der Waals surface area contributed by atoms with Gasteiger partial charge in [0.1, 0.15) is 0 Å². The Bertz CT molecular complexity index is 3930. The summed E-state index contributed by atoms with van der Waals surface area (Å²) < 4.78 is 2.39. The van der Waals surface area contributed by atoms with Crippen LogP contribution in [-0.4, -0.2) is 12.6 Å². The highest BCUT2D eigenvalue weighted by molar-refractivity contribution is 7.22. The van der Waals surface area contributed by atoms with E-state index in [1.54, 1.807) is 0 Å². The molecule has 14 rings (SSSR count). The highest BCUT2D eigenvalue weighted by atomic mass is 28.3. The second-order valence-electron chi connectivity index (χ2n) is 19.3. The van der Waals surface area contributed by atoms with Crippen molar-refractivity contribution in [2.45, 2.75) is 12.3 Å². The van der Waals surface area contributed by atoms with Crippen LogP contribution in [0.4, 0.5) is 17.1 Å². The Hall–Kier alpha value is -8.76. The fourth-order valence-electron chi connectivity index (χ4n) is 12.6. The van der Waals surface area contributed by atoms with Gasteiger partial charge in [0.15, 0.2) is 8.07 Å². The molecule has 0 atom stereocenters. The van der Waals surface area contributed by atoms with Crippen molar-refractivity contribution in [3.63, 3.8) is 0 Å². The van der Waals surface area contributed by atoms with Gasteiger partial charge < -0.3 is 9.47 Å². The maximum Gasteiger partial charge on any atom is 0.180 e. The predicted octanol–water partition coefficient (Wildman–Crippen LogP) is 14.6. The molecule has 3 heteroatoms. The molecule has 2 heterocycles. The highest BCUT2D eigenvalue weighted by Gasteiger charge is 2.48. The Morgan fingerprint density at radius 3 is 1.59 bits per heavy atom. The second-order valence-corrected chi connectivity index (χ2v) is 23.1. The average Bonchev–Trinajstić information content (AvgIpc) is 4.05. The summed E-state index contributed by atoms with van der Waals surface area (Å²) in [6, 6.07) is 102. The molecule has 0 N–H and O–H groups in total. The summed E-state index contributed by atoms with van der Waals surface area (Å²) in [7, 11) is -2.65. The first-order valence-electron chi connectivity index (χ1n) is 24.8. The molecule has 1 aliphatic carbocycles. The zero-order valence-electron chi connectivity index (χ0n) is 39.4. The minimum absolute atomic E-state index is 0.336. The summed E-state index contributed by atoms with van der Waals surface area (Å²) in [5.74, 6) is 0. The Morgan fingerprint density at radius 2 is 0.887 bits per heavy atom. The zero-order chi connectivity index (χ0) is 47.1. The first-order chi connectivity index (χ1) is 35.1. The zero-order valence-corrected chi connectivity index (χ0v) is 40.4. The number of fused-ring (bicyclic) bond motifs is 9. The van der Waals surface area contributed by atoms with Gasteiger partial charge in [-0.1, -0.05) is 212 Å². The molecular weight excluding hydrogens is 873 g/mol. The summed E-state index contributed by atoms with van der Waals surface area (Å²) in [6.45, 7) is 2.40. The number of hydrogen-bond donors (Lipinski definition) is 0. The maximum atomic E-state index is 2.49. The third-order valence-electron chi connectivity index (χ3n) is 15.7. The lowest BCUT2D eigenvalue weighted by molar-refractivity contribution is 0.714. The van der Waals surface area contributed by atoms with Crippen molar-refractivity contribution in [2.24, 2.45) is 0 Å². The average molecular weight is 921 g/mol. The Morgan fingerprint density at radius 1 is 0.352 bits per heavy atom. The molecule has 0 saturated carbocycles. The van der Waals surface area contributed by atoms with Crippen molar-refractivity contribution >= 4 is 67.7 Å². The van der Waals surface area contributed by atoms with Gasteiger partial charge in [-0.15, -0.1) is 0 Å². The van der Waals surface area contributed by atoms with E-state index >= 15 is 0 Å². The minimum Gasteiger partial charge on any atom is -0.310 e. The molecule has 0 amide bonds. The van der Waals surface area contributed by atoms with Crippen LogP contribution in [0.5, 0.6) is 0 Å². The molecule has 1 aliphatic heterocycles. The van der Waals surface area contributed by atoms with E-state index in [-0.39, 0.29) is 5.41 Å². The van der Waals surface area contributed by atoms with E-state index in [1.165, 1.54) is 92.6 Å². The van der Waals surface area contributed by atoms with Crippen LogP contribution < -0.4 is 25.6 Å². The molecule has 0 spiro atoms. The van der Waals surface area contributed by atoms with E-state index in [9.17, 15) is 0 Å². The minimum atomic E-state index is -2.65. The van der Waals surface area contributed by atoms with Crippen molar-refractivity contribution in [1.29, 1.82) is 0 Å². The summed E-state index contributed by atoms with van der Waals surface area (Å²) in [6.07, 6.45) is 0. The highest BCUT2D eigenvalue weighted by Crippen LogP contribution is 2.53. The van der Waals surface area contributed by atoms with Gasteiger partial charge in [0.05, 0.1) is 11.0 Å². The monoisotopic (exact) mass is 920 g/mol. The fraction of sp³-hybridized carbons (Fsp3) is 0.0294. The third kappa shape index (κ3) is 6.13. The molecule has 2 aliphatic rings. The van der Waals surface area contributed by atoms with Gasteiger partial charge in [-0.25, -0.2) is 0 Å². The van der Waals surface area contributed by atoms with Crippen LogP contribution in [-0.2, 0) is 5.41 Å². The number of rotatable bonds is 8. The number of nitrogens with zero attached hydrogens (tertiary/aromatic N) is 2. The van der Waals surface area contributed by atoms with E-state index in [1.807, 2.05) is 0 Å². The summed E-state index contributed by atoms with van der Waals surface area (Å²) in [4.78, 5) is 2.46. The van der Waals surface area contributed by atoms with Crippen molar-refractivity contribution < 1.29 is 0 Å². The molecule has 2 nitrogen and oxygen atoms in total. The van der Waals surface area contributed by atoms with Crippen molar-refractivity contribution in [2.75, 3.05) is 4.90 Å². The smallest absolute Gasteiger partial charge is 0.180 e. The first-order valence-corrected chi connectivity index (χ1v) is 26.8. The molecule has 1 aromatic heterocycles. The summed E-state index contributed by atoms with van der Waals surface area (Å²) in [5, 5.41) is 8.17. The van der Waals surface area contributed by atoms with Crippen LogP contribution >= 0.6 is 0 Å². The quantitative estimate of drug-likeness (QED) is 0.138. The number of para-hydroxylation sites is 2. The van der Waals surface area contributed by atoms with Gasteiger partial charge >= 0.3 is 0 Å². The molecule has 11 aromatic carbocycles. The summed E-state index contributed by atoms with van der Waals surface area (Å²) in [5.41, 5.74) is 18.2. The number of anilines is 3. The molecule has 71 heavy (non-hydrogen) atoms. The molecule has 0 radical (unpaired) electrons. The SMILES string of the molecule is CC1(c2cccc(N(c3ccc(-c4cccc([Si]5(c6ccccc6)c6ccccc6-c6ccccc65)c4)cc3)c3ccc4c(c3)c3ccccc3n4-c3ccccc3)c2)c2ccccc2-c2ccccc21. The number of aromatic nitrogens is 1. The Labute approximate surface area is 416 Å². The van der Waals surface area contributed by atoms with Crippen LogP contribution in [0.3, 0.4) is 0 Å². The van der Waals surface area contributed by atoms with E-state index < -0.39 is 8.07 Å². The number of hydrogen-bond acceptors (Lipinski definition) is 1. The van der Waals surface area contributed by atoms with Crippen molar-refractivity contribution in [3.8, 4) is 39.1 Å². The first kappa shape index (κ1) is 41.2. The van der Waals surface area contributed by atoms with Gasteiger partial charge in [0.25, 0.3) is 0 Å². The molecule has 0 saturated heterocycles. The Balaban J connectivity index is 0.930. The lowest BCUT2D eigenvalue weighted by Crippen LogP contribution is -2.72. The number of benzene rings is 11. The lowest BCUT2D eigenvalue weighted by atomic mass is 9.74. The third-order valence-corrected chi connectivity index (χ3v) is 20.6. The van der Waals surface area contributed by atoms with Crippen molar-refractivity contribution in [1.82, 2.24) is 4.57 Å². The molecule has 334 valence electrons. The largest absolute Gasteiger partial charge is 0.310 e. The van der Waals surface area contributed by atoms with Crippen LogP contribution in [0.1, 0.15) is 23.6 Å². The topological polar surface area (TPSA) is 8.17 Å². The fourth-order valence-corrected chi connectivity index (χ4v) is 17.8. The van der Waals surface area contributed by atoms with Crippen LogP contribution in [0.2, 0.25) is 0 Å². The Kier molecular flexibility index (Phi) is 9.39. The van der Waals surface area contributed by atoms with Gasteiger partial charge in [-0.2, -0.15) is 0 Å². The molecule has 0 bridgehead atoms. The van der Waals surface area contributed by atoms with E-state index in [4.69, 9.17) is 0 Å². The summed E-state index contributed by atoms with van der Waals surface area (Å²) >= 11 is 0. The maximum absolute atomic E-state index is 2.65. The van der Waals surface area contributed by atoms with Gasteiger partial charge in [0, 0.05) is 38.9 Å². The van der Waals surface area contributed by atoms with E-state index in [0.29, 0.717) is 0 Å². The lowest BCUT2D eigenvalue weighted by Gasteiger charge is -2.32.